The molecule has 0 atom stereocenters. The first-order valence-corrected chi connectivity index (χ1v) is 14.9. The molecule has 34 heavy (non-hydrogen) atoms. The zero-order valence-electron chi connectivity index (χ0n) is 18.8. The molecule has 0 saturated carbocycles. The number of thiophene rings is 1. The van der Waals surface area contributed by atoms with Gasteiger partial charge in [-0.25, -0.2) is 18.4 Å². The number of aryl methyl sites for hydroxylation is 3. The molecule has 0 radical (unpaired) electrons. The van der Waals surface area contributed by atoms with Crippen LogP contribution in [0.2, 0.25) is 5.02 Å². The summed E-state index contributed by atoms with van der Waals surface area (Å²) in [5.74, 6) is 1.00. The number of hydrogen-bond acceptors (Lipinski definition) is 7. The van der Waals surface area contributed by atoms with Gasteiger partial charge < -0.3 is 4.90 Å². The summed E-state index contributed by atoms with van der Waals surface area (Å²) in [5.41, 5.74) is 1.36. The van der Waals surface area contributed by atoms with Crippen LogP contribution in [0.1, 0.15) is 29.1 Å². The van der Waals surface area contributed by atoms with Gasteiger partial charge in [0.05, 0.1) is 10.6 Å². The number of rotatable bonds is 5. The molecule has 11 heteroatoms. The Hall–Kier alpha value is -1.72. The van der Waals surface area contributed by atoms with E-state index >= 15 is 0 Å². The average molecular weight is 537 g/mol. The lowest BCUT2D eigenvalue weighted by atomic mass is 9.97. The Morgan fingerprint density at radius 3 is 2.53 bits per heavy atom. The fourth-order valence-corrected chi connectivity index (χ4v) is 8.41. The molecule has 1 aliphatic carbocycles. The van der Waals surface area contributed by atoms with Crippen molar-refractivity contribution in [3.63, 3.8) is 0 Å². The predicted octanol–water partition coefficient (Wildman–Crippen LogP) is 4.16. The lowest BCUT2D eigenvalue weighted by molar-refractivity contribution is -0.129. The monoisotopic (exact) mass is 536 g/mol. The Kier molecular flexibility index (Phi) is 6.87. The molecule has 2 aliphatic rings. The summed E-state index contributed by atoms with van der Waals surface area (Å²) in [6.45, 7) is 3.19. The van der Waals surface area contributed by atoms with E-state index in [-0.39, 0.29) is 29.6 Å². The highest BCUT2D eigenvalue weighted by Crippen LogP contribution is 2.39. The highest BCUT2D eigenvalue weighted by atomic mass is 35.5. The molecule has 0 unspecified atom stereocenters. The molecule has 0 N–H and O–H groups in total. The second kappa shape index (κ2) is 9.73. The Labute approximate surface area is 212 Å². The lowest BCUT2D eigenvalue weighted by Gasteiger charge is -2.34. The maximum Gasteiger partial charge on any atom is 0.243 e. The second-order valence-corrected chi connectivity index (χ2v) is 12.9. The molecule has 180 valence electrons. The highest BCUT2D eigenvalue weighted by molar-refractivity contribution is 8.00. The van der Waals surface area contributed by atoms with Crippen LogP contribution in [-0.4, -0.2) is 65.4 Å². The quantitative estimate of drug-likeness (QED) is 0.360. The van der Waals surface area contributed by atoms with Crippen LogP contribution < -0.4 is 0 Å². The number of carbonyl (C=O) groups is 1. The molecular weight excluding hydrogens is 512 g/mol. The molecule has 1 fully saturated rings. The standard InChI is InChI=1S/C23H25ClN4O3S3/c1-15-25-22(21-18-4-2-3-5-19(18)33-23(21)26-15)32-14-20(29)27-10-12-28(13-11-27)34(30,31)17-8-6-16(24)7-9-17/h6-9H,2-5,10-14H2,1H3. The van der Waals surface area contributed by atoms with Crippen molar-refractivity contribution in [1.29, 1.82) is 0 Å². The largest absolute Gasteiger partial charge is 0.339 e. The van der Waals surface area contributed by atoms with E-state index in [1.54, 1.807) is 28.4 Å². The van der Waals surface area contributed by atoms with Gasteiger partial charge in [0.2, 0.25) is 15.9 Å². The van der Waals surface area contributed by atoms with E-state index < -0.39 is 10.0 Å². The van der Waals surface area contributed by atoms with Crippen molar-refractivity contribution in [3.8, 4) is 0 Å². The number of piperazine rings is 1. The fourth-order valence-electron chi connectivity index (χ4n) is 4.48. The van der Waals surface area contributed by atoms with Crippen molar-refractivity contribution in [3.05, 3.63) is 45.6 Å². The van der Waals surface area contributed by atoms with Gasteiger partial charge in [-0.05, 0) is 62.4 Å². The average Bonchev–Trinajstić information content (AvgIpc) is 3.21. The third-order valence-corrected chi connectivity index (χ3v) is 10.6. The minimum absolute atomic E-state index is 0.00190. The summed E-state index contributed by atoms with van der Waals surface area (Å²) in [6, 6.07) is 6.17. The molecule has 0 bridgehead atoms. The van der Waals surface area contributed by atoms with Crippen LogP contribution in [0.5, 0.6) is 0 Å². The molecule has 1 aliphatic heterocycles. The van der Waals surface area contributed by atoms with Crippen molar-refractivity contribution < 1.29 is 13.2 Å². The van der Waals surface area contributed by atoms with Crippen LogP contribution in [-0.2, 0) is 27.7 Å². The topological polar surface area (TPSA) is 83.5 Å². The second-order valence-electron chi connectivity index (χ2n) is 8.49. The van der Waals surface area contributed by atoms with Crippen LogP contribution >= 0.6 is 34.7 Å². The molecule has 7 nitrogen and oxygen atoms in total. The van der Waals surface area contributed by atoms with E-state index in [2.05, 4.69) is 9.97 Å². The van der Waals surface area contributed by atoms with Crippen LogP contribution in [0.4, 0.5) is 0 Å². The van der Waals surface area contributed by atoms with E-state index in [1.807, 2.05) is 6.92 Å². The SMILES string of the molecule is Cc1nc(SCC(=O)N2CCN(S(=O)(=O)c3ccc(Cl)cc3)CC2)c2c3c(sc2n1)CCCC3. The Balaban J connectivity index is 1.24. The summed E-state index contributed by atoms with van der Waals surface area (Å²) in [5, 5.41) is 2.51. The number of amides is 1. The fraction of sp³-hybridized carbons (Fsp3) is 0.435. The minimum atomic E-state index is -3.60. The third kappa shape index (κ3) is 4.70. The summed E-state index contributed by atoms with van der Waals surface area (Å²) in [6.07, 6.45) is 4.54. The molecule has 5 rings (SSSR count). The zero-order valence-corrected chi connectivity index (χ0v) is 22.0. The van der Waals surface area contributed by atoms with Crippen molar-refractivity contribution in [2.45, 2.75) is 42.5 Å². The van der Waals surface area contributed by atoms with E-state index in [0.29, 0.717) is 18.1 Å². The number of aromatic nitrogens is 2. The van der Waals surface area contributed by atoms with E-state index in [9.17, 15) is 13.2 Å². The minimum Gasteiger partial charge on any atom is -0.339 e. The summed E-state index contributed by atoms with van der Waals surface area (Å²) in [7, 11) is -3.60. The molecule has 1 saturated heterocycles. The van der Waals surface area contributed by atoms with Crippen LogP contribution in [0, 0.1) is 6.92 Å². The molecule has 1 aromatic carbocycles. The van der Waals surface area contributed by atoms with E-state index in [1.165, 1.54) is 51.5 Å². The summed E-state index contributed by atoms with van der Waals surface area (Å²) in [4.78, 5) is 26.7. The number of benzene rings is 1. The molecular formula is C23H25ClN4O3S3. The van der Waals surface area contributed by atoms with Gasteiger partial charge in [-0.15, -0.1) is 11.3 Å². The van der Waals surface area contributed by atoms with Gasteiger partial charge >= 0.3 is 0 Å². The number of halogens is 1. The van der Waals surface area contributed by atoms with Crippen LogP contribution in [0.3, 0.4) is 0 Å². The van der Waals surface area contributed by atoms with Crippen LogP contribution in [0.15, 0.2) is 34.2 Å². The molecule has 3 aromatic rings. The van der Waals surface area contributed by atoms with E-state index in [0.717, 1.165) is 33.9 Å². The van der Waals surface area contributed by atoms with Crippen molar-refractivity contribution in [2.24, 2.45) is 0 Å². The predicted molar refractivity (Wildman–Crippen MR) is 136 cm³/mol. The number of carbonyl (C=O) groups excluding carboxylic acids is 1. The first-order chi connectivity index (χ1) is 16.3. The highest BCUT2D eigenvalue weighted by Gasteiger charge is 2.30. The van der Waals surface area contributed by atoms with E-state index in [4.69, 9.17) is 11.6 Å². The Morgan fingerprint density at radius 1 is 1.09 bits per heavy atom. The zero-order chi connectivity index (χ0) is 23.9. The Bertz CT molecular complexity index is 1330. The van der Waals surface area contributed by atoms with Crippen LogP contribution in [0.25, 0.3) is 10.2 Å². The van der Waals surface area contributed by atoms with Crippen molar-refractivity contribution in [2.75, 3.05) is 31.9 Å². The Morgan fingerprint density at radius 2 is 1.79 bits per heavy atom. The number of thioether (sulfide) groups is 1. The first kappa shape index (κ1) is 24.0. The summed E-state index contributed by atoms with van der Waals surface area (Å²) < 4.78 is 27.2. The number of hydrogen-bond donors (Lipinski definition) is 0. The number of fused-ring (bicyclic) bond motifs is 3. The van der Waals surface area contributed by atoms with Gasteiger partial charge in [0, 0.05) is 41.5 Å². The van der Waals surface area contributed by atoms with Crippen molar-refractivity contribution >= 4 is 60.8 Å². The van der Waals surface area contributed by atoms with Gasteiger partial charge in [-0.3, -0.25) is 4.79 Å². The van der Waals surface area contributed by atoms with Crippen molar-refractivity contribution in [1.82, 2.24) is 19.2 Å². The molecule has 3 heterocycles. The van der Waals surface area contributed by atoms with Gasteiger partial charge in [-0.1, -0.05) is 23.4 Å². The first-order valence-electron chi connectivity index (χ1n) is 11.3. The van der Waals surface area contributed by atoms with Gasteiger partial charge in [0.25, 0.3) is 0 Å². The van der Waals surface area contributed by atoms with Gasteiger partial charge in [0.15, 0.2) is 0 Å². The smallest absolute Gasteiger partial charge is 0.243 e. The number of sulfonamides is 1. The van der Waals surface area contributed by atoms with Gasteiger partial charge in [0.1, 0.15) is 15.7 Å². The molecule has 1 amide bonds. The normalized spacial score (nSPS) is 17.2. The number of nitrogens with zero attached hydrogens (tertiary/aromatic N) is 4. The maximum absolute atomic E-state index is 13.0. The van der Waals surface area contributed by atoms with Gasteiger partial charge in [-0.2, -0.15) is 4.31 Å². The lowest BCUT2D eigenvalue weighted by Crippen LogP contribution is -2.50. The molecule has 2 aromatic heterocycles. The third-order valence-electron chi connectivity index (χ3n) is 6.27. The maximum atomic E-state index is 13.0. The summed E-state index contributed by atoms with van der Waals surface area (Å²) >= 11 is 9.11. The molecule has 0 spiro atoms.